The van der Waals surface area contributed by atoms with Crippen LogP contribution in [0.15, 0.2) is 0 Å². The van der Waals surface area contributed by atoms with Crippen LogP contribution in [0, 0.1) is 0 Å². The first-order valence-electron chi connectivity index (χ1n) is 0.667. The maximum Gasteiger partial charge on any atom is 2.00 e. The summed E-state index contributed by atoms with van der Waals surface area (Å²) in [5.74, 6) is 0. The van der Waals surface area contributed by atoms with Crippen LogP contribution in [-0.4, -0.2) is 28.5 Å². The van der Waals surface area contributed by atoms with Crippen LogP contribution in [-0.2, 0) is 44.5 Å². The third kappa shape index (κ3) is 599. The van der Waals surface area contributed by atoms with E-state index < -0.39 is 10.4 Å². The average Bonchev–Trinajstić information content (AvgIpc) is 0.722. The molecule has 0 aromatic carbocycles. The Morgan fingerprint density at radius 3 is 1.00 bits per heavy atom. The molecule has 0 heterocycles. The molecule has 9 heavy (non-hydrogen) atoms. The summed E-state index contributed by atoms with van der Waals surface area (Å²) in [5, 5.41) is 0. The van der Waals surface area contributed by atoms with E-state index >= 15 is 0 Å². The summed E-state index contributed by atoms with van der Waals surface area (Å²) >= 11 is 0. The summed E-state index contributed by atoms with van der Waals surface area (Å²) in [6.45, 7) is 0. The molecule has 1 radical (unpaired) electrons. The summed E-state index contributed by atoms with van der Waals surface area (Å²) in [6.07, 6.45) is 0. The Bertz CT molecular complexity index is 96.2. The molecule has 0 bridgehead atoms. The van der Waals surface area contributed by atoms with Gasteiger partial charge in [-0.15, -0.1) is 0 Å². The number of hydrogen-bond donors (Lipinski definition) is 0. The summed E-state index contributed by atoms with van der Waals surface area (Å²) in [6, 6.07) is 0. The third-order valence-corrected chi connectivity index (χ3v) is 0. The van der Waals surface area contributed by atoms with Crippen molar-refractivity contribution in [2.75, 3.05) is 0 Å². The molecular weight excluding hydrogens is 247 g/mol. The van der Waals surface area contributed by atoms with Gasteiger partial charge in [-0.1, -0.05) is 0 Å². The molecule has 0 aliphatic carbocycles. The molecule has 0 saturated carbocycles. The molecule has 0 aliphatic rings. The van der Waals surface area contributed by atoms with E-state index in [1.165, 1.54) is 0 Å². The van der Waals surface area contributed by atoms with Gasteiger partial charge in [0.2, 0.25) is 0 Å². The first kappa shape index (κ1) is 32.9. The second kappa shape index (κ2) is 11.6. The summed E-state index contributed by atoms with van der Waals surface area (Å²) in [7, 11) is -5.17. The molecule has 0 aliphatic heterocycles. The molecule has 6 nitrogen and oxygen atoms in total. The average molecular weight is 249 g/mol. The molecule has 0 amide bonds. The van der Waals surface area contributed by atoms with Gasteiger partial charge in [0.1, 0.15) is 0 Å². The maximum atomic E-state index is 8.52. The van der Waals surface area contributed by atoms with E-state index in [0.29, 0.717) is 0 Å². The zero-order valence-corrected chi connectivity index (χ0v) is 6.45. The molecule has 0 spiro atoms. The van der Waals surface area contributed by atoms with E-state index in [-0.39, 0.29) is 45.1 Å². The molecule has 2 N–H and O–H groups in total. The van der Waals surface area contributed by atoms with Crippen LogP contribution < -0.4 is 0 Å². The second-order valence-corrected chi connectivity index (χ2v) is 1.22. The van der Waals surface area contributed by atoms with Crippen molar-refractivity contribution in [2.45, 2.75) is 0 Å². The van der Waals surface area contributed by atoms with E-state index in [1.54, 1.807) is 0 Å². The molecular formula is H2CuFeO6S. The Labute approximate surface area is 73.2 Å². The van der Waals surface area contributed by atoms with Crippen molar-refractivity contribution in [3.63, 3.8) is 0 Å². The smallest absolute Gasteiger partial charge is 0.870 e. The molecule has 0 fully saturated rings. The van der Waals surface area contributed by atoms with Crippen LogP contribution in [0.5, 0.6) is 0 Å². The fraction of sp³-hybridized carbons (Fsp3) is 0. The monoisotopic (exact) mass is 249 g/mol. The predicted octanol–water partition coefficient (Wildman–Crippen LogP) is -1.70. The fourth-order valence-electron chi connectivity index (χ4n) is 0. The van der Waals surface area contributed by atoms with Gasteiger partial charge in [-0.2, -0.15) is 0 Å². The summed E-state index contributed by atoms with van der Waals surface area (Å²) in [5.41, 5.74) is 0. The zero-order chi connectivity index (χ0) is 4.50. The number of rotatable bonds is 0. The standard InChI is InChI=1S/Cu.Fe.H2O4S.2H2O/c;;1-5(2,3)4;;/h;;(H2,1,2,3,4);2*1H2/q2*+2;;;/p-4. The molecule has 0 atom stereocenters. The molecule has 63 valence electrons. The molecule has 0 saturated heterocycles. The fourth-order valence-corrected chi connectivity index (χ4v) is 0. The van der Waals surface area contributed by atoms with Crippen molar-refractivity contribution in [3.8, 4) is 0 Å². The van der Waals surface area contributed by atoms with Gasteiger partial charge in [-0.25, -0.2) is 0 Å². The Morgan fingerprint density at radius 1 is 1.00 bits per heavy atom. The third-order valence-electron chi connectivity index (χ3n) is 0. The van der Waals surface area contributed by atoms with Gasteiger partial charge in [0.05, 0.1) is 0 Å². The van der Waals surface area contributed by atoms with E-state index in [2.05, 4.69) is 0 Å². The predicted molar refractivity (Wildman–Crippen MR) is 14.3 cm³/mol. The van der Waals surface area contributed by atoms with Crippen LogP contribution >= 0.6 is 0 Å². The maximum absolute atomic E-state index is 8.52. The van der Waals surface area contributed by atoms with Crippen LogP contribution in [0.25, 0.3) is 0 Å². The van der Waals surface area contributed by atoms with E-state index in [4.69, 9.17) is 17.5 Å². The quantitative estimate of drug-likeness (QED) is 0.285. The van der Waals surface area contributed by atoms with Gasteiger partial charge < -0.3 is 20.1 Å². The van der Waals surface area contributed by atoms with Crippen LogP contribution in [0.3, 0.4) is 0 Å². The van der Waals surface area contributed by atoms with Crippen molar-refractivity contribution in [2.24, 2.45) is 0 Å². The topological polar surface area (TPSA) is 140 Å². The Hall–Kier alpha value is 0.829. The first-order chi connectivity index (χ1) is 2.00. The van der Waals surface area contributed by atoms with E-state index in [1.807, 2.05) is 0 Å². The molecule has 0 rings (SSSR count). The van der Waals surface area contributed by atoms with Crippen molar-refractivity contribution < 1.29 is 62.6 Å². The van der Waals surface area contributed by atoms with Gasteiger partial charge >= 0.3 is 34.1 Å². The van der Waals surface area contributed by atoms with Gasteiger partial charge in [0.25, 0.3) is 0 Å². The number of hydrogen-bond acceptors (Lipinski definition) is 6. The largest absolute Gasteiger partial charge is 2.00 e. The Kier molecular flexibility index (Phi) is 42.4. The zero-order valence-electron chi connectivity index (χ0n) is 3.59. The minimum atomic E-state index is -5.17. The summed E-state index contributed by atoms with van der Waals surface area (Å²) in [4.78, 5) is 0. The molecule has 0 aromatic rings. The minimum Gasteiger partial charge on any atom is -0.870 e. The molecule has 0 unspecified atom stereocenters. The van der Waals surface area contributed by atoms with Crippen LogP contribution in [0.1, 0.15) is 0 Å². The van der Waals surface area contributed by atoms with Crippen LogP contribution in [0.2, 0.25) is 0 Å². The van der Waals surface area contributed by atoms with E-state index in [0.717, 1.165) is 0 Å². The summed E-state index contributed by atoms with van der Waals surface area (Å²) < 4.78 is 34.1. The normalized spacial score (nSPS) is 6.44. The minimum absolute atomic E-state index is 0. The molecule has 9 heteroatoms. The van der Waals surface area contributed by atoms with Gasteiger partial charge in [0, 0.05) is 10.4 Å². The SMILES string of the molecule is O=S(=O)([O-])[O-].[Cu+2].[Fe+2].[OH-].[OH-]. The van der Waals surface area contributed by atoms with Gasteiger partial charge in [-0.3, -0.25) is 8.42 Å². The Morgan fingerprint density at radius 2 is 1.00 bits per heavy atom. The second-order valence-electron chi connectivity index (χ2n) is 0.408. The van der Waals surface area contributed by atoms with Crippen molar-refractivity contribution in [1.29, 1.82) is 0 Å². The Balaban J connectivity index is -0.0000000133. The van der Waals surface area contributed by atoms with Crippen molar-refractivity contribution in [1.82, 2.24) is 0 Å². The van der Waals surface area contributed by atoms with Gasteiger partial charge in [-0.05, 0) is 0 Å². The van der Waals surface area contributed by atoms with Crippen molar-refractivity contribution in [3.05, 3.63) is 0 Å². The van der Waals surface area contributed by atoms with Gasteiger partial charge in [0.15, 0.2) is 0 Å². The molecule has 0 aromatic heterocycles. The van der Waals surface area contributed by atoms with E-state index in [9.17, 15) is 0 Å². The first-order valence-corrected chi connectivity index (χ1v) is 2.00. The van der Waals surface area contributed by atoms with Crippen molar-refractivity contribution >= 4 is 10.4 Å². The van der Waals surface area contributed by atoms with Crippen LogP contribution in [0.4, 0.5) is 0 Å².